The minimum absolute atomic E-state index is 0.0235. The molecule has 25 heavy (non-hydrogen) atoms. The van der Waals surface area contributed by atoms with Crippen molar-refractivity contribution in [1.29, 1.82) is 0 Å². The number of rotatable bonds is 3. The molecule has 6 nitrogen and oxygen atoms in total. The summed E-state index contributed by atoms with van der Waals surface area (Å²) in [6, 6.07) is 7.94. The molecule has 1 aromatic carbocycles. The van der Waals surface area contributed by atoms with Crippen LogP contribution in [-0.2, 0) is 13.1 Å². The molecule has 1 aliphatic rings. The molecule has 7 heteroatoms. The molecule has 0 unspecified atom stereocenters. The lowest BCUT2D eigenvalue weighted by atomic mass is 10.1. The number of hydrogen-bond donors (Lipinski definition) is 0. The molecule has 3 heterocycles. The van der Waals surface area contributed by atoms with Gasteiger partial charge >= 0.3 is 0 Å². The number of nitrogens with zero attached hydrogens (tertiary/aromatic N) is 4. The number of carbonyl (C=O) groups is 1. The van der Waals surface area contributed by atoms with Crippen LogP contribution in [0.5, 0.6) is 5.75 Å². The van der Waals surface area contributed by atoms with Gasteiger partial charge in [0, 0.05) is 24.0 Å². The summed E-state index contributed by atoms with van der Waals surface area (Å²) in [5.74, 6) is 1.71. The Morgan fingerprint density at radius 2 is 2.04 bits per heavy atom. The van der Waals surface area contributed by atoms with E-state index in [1.165, 1.54) is 11.3 Å². The number of ether oxygens (including phenoxy) is 1. The molecule has 0 saturated carbocycles. The maximum Gasteiger partial charge on any atom is 0.273 e. The average Bonchev–Trinajstić information content (AvgIpc) is 3.27. The van der Waals surface area contributed by atoms with Crippen molar-refractivity contribution in [3.63, 3.8) is 0 Å². The molecule has 2 aromatic heterocycles. The first-order valence-corrected chi connectivity index (χ1v) is 8.94. The second-order valence-corrected chi connectivity index (χ2v) is 6.98. The smallest absolute Gasteiger partial charge is 0.273 e. The van der Waals surface area contributed by atoms with Crippen LogP contribution in [-0.4, -0.2) is 39.0 Å². The number of imidazole rings is 1. The monoisotopic (exact) mass is 354 g/mol. The van der Waals surface area contributed by atoms with Crippen molar-refractivity contribution < 1.29 is 9.53 Å². The van der Waals surface area contributed by atoms with Gasteiger partial charge in [0.2, 0.25) is 0 Å². The van der Waals surface area contributed by atoms with Gasteiger partial charge in [-0.15, -0.1) is 11.3 Å². The molecule has 128 valence electrons. The van der Waals surface area contributed by atoms with E-state index in [1.54, 1.807) is 7.11 Å². The van der Waals surface area contributed by atoms with Crippen molar-refractivity contribution in [2.45, 2.75) is 20.0 Å². The van der Waals surface area contributed by atoms with E-state index in [1.807, 2.05) is 47.7 Å². The molecule has 0 aliphatic carbocycles. The van der Waals surface area contributed by atoms with Crippen LogP contribution in [0.1, 0.15) is 21.3 Å². The Bertz CT molecular complexity index is 914. The quantitative estimate of drug-likeness (QED) is 0.725. The van der Waals surface area contributed by atoms with E-state index in [4.69, 9.17) is 4.74 Å². The molecule has 0 N–H and O–H groups in total. The fourth-order valence-corrected chi connectivity index (χ4v) is 3.64. The van der Waals surface area contributed by atoms with Crippen LogP contribution in [0.25, 0.3) is 11.3 Å². The van der Waals surface area contributed by atoms with Gasteiger partial charge in [0.05, 0.1) is 30.6 Å². The summed E-state index contributed by atoms with van der Waals surface area (Å²) in [5.41, 5.74) is 2.68. The Morgan fingerprint density at radius 3 is 2.72 bits per heavy atom. The Balaban J connectivity index is 1.57. The summed E-state index contributed by atoms with van der Waals surface area (Å²) in [5, 5.41) is 2.73. The maximum atomic E-state index is 12.6. The molecule has 3 aromatic rings. The minimum Gasteiger partial charge on any atom is -0.497 e. The highest BCUT2D eigenvalue weighted by molar-refractivity contribution is 7.09. The first-order valence-electron chi connectivity index (χ1n) is 8.06. The summed E-state index contributed by atoms with van der Waals surface area (Å²) in [6.07, 6.45) is 1.87. The molecule has 0 spiro atoms. The fourth-order valence-electron chi connectivity index (χ4n) is 3.05. The van der Waals surface area contributed by atoms with Gasteiger partial charge < -0.3 is 14.2 Å². The summed E-state index contributed by atoms with van der Waals surface area (Å²) >= 11 is 1.50. The molecular weight excluding hydrogens is 336 g/mol. The first kappa shape index (κ1) is 15.8. The number of fused-ring (bicyclic) bond motifs is 1. The molecule has 1 amide bonds. The lowest BCUT2D eigenvalue weighted by molar-refractivity contribution is 0.0702. The van der Waals surface area contributed by atoms with Gasteiger partial charge in [-0.1, -0.05) is 0 Å². The fraction of sp³-hybridized carbons (Fsp3) is 0.278. The number of carbonyl (C=O) groups excluding carboxylic acids is 1. The van der Waals surface area contributed by atoms with Crippen molar-refractivity contribution >= 4 is 17.2 Å². The van der Waals surface area contributed by atoms with E-state index in [9.17, 15) is 4.79 Å². The number of amides is 1. The number of hydrogen-bond acceptors (Lipinski definition) is 5. The number of methoxy groups -OCH3 is 1. The highest BCUT2D eigenvalue weighted by atomic mass is 32.1. The van der Waals surface area contributed by atoms with E-state index >= 15 is 0 Å². The van der Waals surface area contributed by atoms with Crippen LogP contribution < -0.4 is 4.74 Å². The van der Waals surface area contributed by atoms with E-state index in [-0.39, 0.29) is 5.91 Å². The molecule has 1 aliphatic heterocycles. The van der Waals surface area contributed by atoms with Crippen molar-refractivity contribution in [2.75, 3.05) is 13.7 Å². The number of thiazole rings is 1. The zero-order valence-electron chi connectivity index (χ0n) is 14.1. The van der Waals surface area contributed by atoms with Crippen molar-refractivity contribution in [3.8, 4) is 17.0 Å². The molecule has 0 atom stereocenters. The van der Waals surface area contributed by atoms with Crippen LogP contribution in [0.4, 0.5) is 0 Å². The second kappa shape index (κ2) is 6.33. The topological polar surface area (TPSA) is 60.2 Å². The highest BCUT2D eigenvalue weighted by Crippen LogP contribution is 2.26. The van der Waals surface area contributed by atoms with E-state index in [0.717, 1.165) is 34.4 Å². The Labute approximate surface area is 149 Å². The number of aryl methyl sites for hydroxylation is 1. The van der Waals surface area contributed by atoms with Gasteiger partial charge in [-0.3, -0.25) is 4.79 Å². The predicted molar refractivity (Wildman–Crippen MR) is 95.8 cm³/mol. The molecule has 0 fully saturated rings. The van der Waals surface area contributed by atoms with Crippen molar-refractivity contribution in [2.24, 2.45) is 0 Å². The summed E-state index contributed by atoms with van der Waals surface area (Å²) in [4.78, 5) is 23.2. The van der Waals surface area contributed by atoms with Gasteiger partial charge in [0.15, 0.2) is 0 Å². The van der Waals surface area contributed by atoms with Gasteiger partial charge in [0.1, 0.15) is 17.3 Å². The molecule has 0 saturated heterocycles. The third-order valence-electron chi connectivity index (χ3n) is 4.38. The normalized spacial score (nSPS) is 13.6. The first-order chi connectivity index (χ1) is 12.2. The zero-order valence-corrected chi connectivity index (χ0v) is 14.9. The average molecular weight is 354 g/mol. The lowest BCUT2D eigenvalue weighted by Gasteiger charge is -2.28. The van der Waals surface area contributed by atoms with E-state index < -0.39 is 0 Å². The lowest BCUT2D eigenvalue weighted by Crippen LogP contribution is -2.38. The zero-order chi connectivity index (χ0) is 17.4. The second-order valence-electron chi connectivity index (χ2n) is 5.92. The predicted octanol–water partition coefficient (Wildman–Crippen LogP) is 2.98. The van der Waals surface area contributed by atoms with Crippen LogP contribution in [0.3, 0.4) is 0 Å². The standard InChI is InChI=1S/C18H18N4O2S/c1-12-20-15(11-25-12)18(23)21-7-8-22-16(9-19-17(22)10-21)13-3-5-14(24-2)6-4-13/h3-6,9,11H,7-8,10H2,1-2H3. The van der Waals surface area contributed by atoms with Crippen molar-refractivity contribution in [1.82, 2.24) is 19.4 Å². The van der Waals surface area contributed by atoms with Crippen molar-refractivity contribution in [3.05, 3.63) is 52.4 Å². The summed E-state index contributed by atoms with van der Waals surface area (Å²) < 4.78 is 7.39. The van der Waals surface area contributed by atoms with Gasteiger partial charge in [0.25, 0.3) is 5.91 Å². The highest BCUT2D eigenvalue weighted by Gasteiger charge is 2.25. The van der Waals surface area contributed by atoms with Crippen LogP contribution in [0.2, 0.25) is 0 Å². The van der Waals surface area contributed by atoms with Gasteiger partial charge in [-0.05, 0) is 31.2 Å². The number of benzene rings is 1. The van der Waals surface area contributed by atoms with E-state index in [2.05, 4.69) is 14.5 Å². The van der Waals surface area contributed by atoms with E-state index in [0.29, 0.717) is 18.8 Å². The Hall–Kier alpha value is -2.67. The summed E-state index contributed by atoms with van der Waals surface area (Å²) in [7, 11) is 1.66. The molecule has 0 bridgehead atoms. The third-order valence-corrected chi connectivity index (χ3v) is 5.15. The Morgan fingerprint density at radius 1 is 1.24 bits per heavy atom. The molecular formula is C18H18N4O2S. The maximum absolute atomic E-state index is 12.6. The van der Waals surface area contributed by atoms with Crippen LogP contribution >= 0.6 is 11.3 Å². The van der Waals surface area contributed by atoms with Gasteiger partial charge in [-0.2, -0.15) is 0 Å². The minimum atomic E-state index is -0.0235. The van der Waals surface area contributed by atoms with Crippen LogP contribution in [0, 0.1) is 6.92 Å². The van der Waals surface area contributed by atoms with Crippen LogP contribution in [0.15, 0.2) is 35.8 Å². The third kappa shape index (κ3) is 2.91. The Kier molecular flexibility index (Phi) is 4.01. The SMILES string of the molecule is COc1ccc(-c2cnc3n2CCN(C(=O)c2csc(C)n2)C3)cc1. The summed E-state index contributed by atoms with van der Waals surface area (Å²) in [6.45, 7) is 3.80. The number of aromatic nitrogens is 3. The molecule has 4 rings (SSSR count). The van der Waals surface area contributed by atoms with Gasteiger partial charge in [-0.25, -0.2) is 9.97 Å². The molecule has 0 radical (unpaired) electrons. The largest absolute Gasteiger partial charge is 0.497 e.